The van der Waals surface area contributed by atoms with Gasteiger partial charge in [0.15, 0.2) is 0 Å². The summed E-state index contributed by atoms with van der Waals surface area (Å²) in [5, 5.41) is 13.4. The summed E-state index contributed by atoms with van der Waals surface area (Å²) >= 11 is 0. The average Bonchev–Trinajstić information content (AvgIpc) is 2.39. The van der Waals surface area contributed by atoms with Gasteiger partial charge in [0.25, 0.3) is 0 Å². The third-order valence-corrected chi connectivity index (χ3v) is 2.61. The molecule has 0 aliphatic carbocycles. The zero-order valence-corrected chi connectivity index (χ0v) is 12.2. The van der Waals surface area contributed by atoms with E-state index in [1.54, 1.807) is 0 Å². The Hall–Kier alpha value is -0.420. The molecule has 0 fully saturated rings. The van der Waals surface area contributed by atoms with Crippen LogP contribution < -0.4 is 21.3 Å². The molecule has 0 aromatic rings. The highest BCUT2D eigenvalue weighted by molar-refractivity contribution is 4.85. The molecule has 4 nitrogen and oxygen atoms in total. The van der Waals surface area contributed by atoms with Gasteiger partial charge in [0.05, 0.1) is 0 Å². The van der Waals surface area contributed by atoms with E-state index in [2.05, 4.69) is 47.3 Å². The molecule has 0 aromatic heterocycles. The topological polar surface area (TPSA) is 48.1 Å². The zero-order chi connectivity index (χ0) is 13.3. The summed E-state index contributed by atoms with van der Waals surface area (Å²) in [6.45, 7) is 12.8. The Morgan fingerprint density at radius 3 is 1.39 bits per heavy atom. The van der Waals surface area contributed by atoms with Crippen molar-refractivity contribution in [2.75, 3.05) is 52.4 Å². The van der Waals surface area contributed by atoms with Crippen LogP contribution in [-0.4, -0.2) is 52.4 Å². The van der Waals surface area contributed by atoms with Crippen LogP contribution in [0.3, 0.4) is 0 Å². The molecule has 4 heteroatoms. The molecule has 0 atom stereocenters. The number of hydrogen-bond acceptors (Lipinski definition) is 4. The first-order valence-electron chi connectivity index (χ1n) is 7.39. The van der Waals surface area contributed by atoms with Crippen LogP contribution >= 0.6 is 0 Å². The Morgan fingerprint density at radius 1 is 0.611 bits per heavy atom. The van der Waals surface area contributed by atoms with Crippen LogP contribution in [0, 0.1) is 0 Å². The van der Waals surface area contributed by atoms with E-state index >= 15 is 0 Å². The van der Waals surface area contributed by atoms with E-state index in [-0.39, 0.29) is 0 Å². The highest BCUT2D eigenvalue weighted by Crippen LogP contribution is 1.76. The molecular weight excluding hydrogens is 224 g/mol. The molecule has 0 unspecified atom stereocenters. The van der Waals surface area contributed by atoms with Crippen molar-refractivity contribution in [2.24, 2.45) is 0 Å². The molecule has 108 valence electrons. The van der Waals surface area contributed by atoms with Crippen LogP contribution in [0.1, 0.15) is 26.7 Å². The lowest BCUT2D eigenvalue weighted by Gasteiger charge is -2.03. The first-order chi connectivity index (χ1) is 8.91. The smallest absolute Gasteiger partial charge is 0.0135 e. The Morgan fingerprint density at radius 2 is 1.00 bits per heavy atom. The van der Waals surface area contributed by atoms with Gasteiger partial charge in [-0.15, -0.1) is 0 Å². The van der Waals surface area contributed by atoms with Crippen molar-refractivity contribution < 1.29 is 0 Å². The fourth-order valence-corrected chi connectivity index (χ4v) is 1.57. The summed E-state index contributed by atoms with van der Waals surface area (Å²) in [7, 11) is 0. The predicted molar refractivity (Wildman–Crippen MR) is 81.2 cm³/mol. The molecule has 0 rings (SSSR count). The van der Waals surface area contributed by atoms with Gasteiger partial charge in [0.1, 0.15) is 0 Å². The summed E-state index contributed by atoms with van der Waals surface area (Å²) < 4.78 is 0. The first kappa shape index (κ1) is 17.6. The Bertz CT molecular complexity index is 153. The molecule has 0 saturated heterocycles. The lowest BCUT2D eigenvalue weighted by Crippen LogP contribution is -2.22. The second-order valence-corrected chi connectivity index (χ2v) is 4.29. The van der Waals surface area contributed by atoms with E-state index in [1.165, 1.54) is 12.8 Å². The summed E-state index contributed by atoms with van der Waals surface area (Å²) in [4.78, 5) is 0. The molecule has 0 aromatic carbocycles. The molecule has 0 saturated carbocycles. The van der Waals surface area contributed by atoms with Gasteiger partial charge in [-0.25, -0.2) is 0 Å². The minimum Gasteiger partial charge on any atom is -0.317 e. The SMILES string of the molecule is CCNCCCNCC=CCNCCCNCC. The molecule has 0 amide bonds. The van der Waals surface area contributed by atoms with Crippen molar-refractivity contribution >= 4 is 0 Å². The average molecular weight is 256 g/mol. The van der Waals surface area contributed by atoms with E-state index in [0.717, 1.165) is 52.4 Å². The van der Waals surface area contributed by atoms with Gasteiger partial charge in [-0.05, 0) is 52.1 Å². The van der Waals surface area contributed by atoms with E-state index in [4.69, 9.17) is 0 Å². The summed E-state index contributed by atoms with van der Waals surface area (Å²) in [5.41, 5.74) is 0. The minimum absolute atomic E-state index is 0.977. The maximum atomic E-state index is 3.40. The third kappa shape index (κ3) is 15.6. The van der Waals surface area contributed by atoms with Crippen molar-refractivity contribution in [3.8, 4) is 0 Å². The monoisotopic (exact) mass is 256 g/mol. The fourth-order valence-electron chi connectivity index (χ4n) is 1.57. The maximum absolute atomic E-state index is 3.40. The fraction of sp³-hybridized carbons (Fsp3) is 0.857. The number of rotatable bonds is 14. The molecule has 0 radical (unpaired) electrons. The van der Waals surface area contributed by atoms with Crippen molar-refractivity contribution in [1.82, 2.24) is 21.3 Å². The molecule has 4 N–H and O–H groups in total. The minimum atomic E-state index is 0.977. The molecule has 18 heavy (non-hydrogen) atoms. The lowest BCUT2D eigenvalue weighted by atomic mass is 10.4. The number of nitrogens with one attached hydrogen (secondary N) is 4. The normalized spacial score (nSPS) is 11.4. The van der Waals surface area contributed by atoms with Crippen LogP contribution in [0.15, 0.2) is 12.2 Å². The van der Waals surface area contributed by atoms with Gasteiger partial charge < -0.3 is 21.3 Å². The van der Waals surface area contributed by atoms with E-state index in [0.29, 0.717) is 0 Å². The van der Waals surface area contributed by atoms with E-state index in [1.807, 2.05) is 0 Å². The lowest BCUT2D eigenvalue weighted by molar-refractivity contribution is 0.624. The van der Waals surface area contributed by atoms with Gasteiger partial charge in [-0.3, -0.25) is 0 Å². The van der Waals surface area contributed by atoms with Gasteiger partial charge >= 0.3 is 0 Å². The predicted octanol–water partition coefficient (Wildman–Crippen LogP) is 0.721. The van der Waals surface area contributed by atoms with Crippen molar-refractivity contribution in [3.63, 3.8) is 0 Å². The first-order valence-corrected chi connectivity index (χ1v) is 7.39. The van der Waals surface area contributed by atoms with E-state index in [9.17, 15) is 0 Å². The Balaban J connectivity index is 3.00. The van der Waals surface area contributed by atoms with Crippen molar-refractivity contribution in [1.29, 1.82) is 0 Å². The van der Waals surface area contributed by atoms with Crippen LogP contribution in [0.5, 0.6) is 0 Å². The van der Waals surface area contributed by atoms with Crippen LogP contribution in [-0.2, 0) is 0 Å². The highest BCUT2D eigenvalue weighted by Gasteiger charge is 1.86. The Labute approximate surface area is 113 Å². The van der Waals surface area contributed by atoms with Crippen molar-refractivity contribution in [3.05, 3.63) is 12.2 Å². The summed E-state index contributed by atoms with van der Waals surface area (Å²) in [5.74, 6) is 0. The highest BCUT2D eigenvalue weighted by atomic mass is 14.9. The van der Waals surface area contributed by atoms with Gasteiger partial charge in [-0.2, -0.15) is 0 Å². The molecule has 0 bridgehead atoms. The maximum Gasteiger partial charge on any atom is 0.0135 e. The van der Waals surface area contributed by atoms with Gasteiger partial charge in [-0.1, -0.05) is 26.0 Å². The third-order valence-electron chi connectivity index (χ3n) is 2.61. The standard InChI is InChI=1S/C14H32N4/c1-3-15-11-7-13-17-9-5-6-10-18-14-8-12-16-4-2/h5-6,15-18H,3-4,7-14H2,1-2H3. The molecular formula is C14H32N4. The van der Waals surface area contributed by atoms with Gasteiger partial charge in [0.2, 0.25) is 0 Å². The molecule has 0 spiro atoms. The van der Waals surface area contributed by atoms with Crippen LogP contribution in [0.4, 0.5) is 0 Å². The quantitative estimate of drug-likeness (QED) is 0.273. The van der Waals surface area contributed by atoms with E-state index < -0.39 is 0 Å². The van der Waals surface area contributed by atoms with Crippen molar-refractivity contribution in [2.45, 2.75) is 26.7 Å². The second-order valence-electron chi connectivity index (χ2n) is 4.29. The van der Waals surface area contributed by atoms with Gasteiger partial charge in [0, 0.05) is 13.1 Å². The second kappa shape index (κ2) is 16.6. The molecule has 0 aliphatic heterocycles. The molecule has 0 heterocycles. The van der Waals surface area contributed by atoms with Crippen LogP contribution in [0.25, 0.3) is 0 Å². The van der Waals surface area contributed by atoms with Crippen LogP contribution in [0.2, 0.25) is 0 Å². The molecule has 0 aliphatic rings. The Kier molecular flexibility index (Phi) is 16.2. The number of hydrogen-bond donors (Lipinski definition) is 4. The largest absolute Gasteiger partial charge is 0.317 e. The summed E-state index contributed by atoms with van der Waals surface area (Å²) in [6.07, 6.45) is 6.80. The summed E-state index contributed by atoms with van der Waals surface area (Å²) in [6, 6.07) is 0. The zero-order valence-electron chi connectivity index (χ0n) is 12.2.